The lowest BCUT2D eigenvalue weighted by atomic mass is 10.0. The molecule has 0 aromatic heterocycles. The third kappa shape index (κ3) is 2.90. The average molecular weight is 273 g/mol. The summed E-state index contributed by atoms with van der Waals surface area (Å²) >= 11 is 0. The third-order valence-corrected chi connectivity index (χ3v) is 4.97. The van der Waals surface area contributed by atoms with Crippen LogP contribution in [-0.4, -0.2) is 48.1 Å². The smallest absolute Gasteiger partial charge is 0.0424 e. The molecule has 2 heterocycles. The van der Waals surface area contributed by atoms with Crippen LogP contribution >= 0.6 is 0 Å². The molecule has 2 aliphatic heterocycles. The van der Waals surface area contributed by atoms with Gasteiger partial charge in [0.05, 0.1) is 0 Å². The minimum atomic E-state index is 0.130. The molecule has 3 heteroatoms. The Morgan fingerprint density at radius 2 is 2.20 bits per heavy atom. The molecular weight excluding hydrogens is 246 g/mol. The summed E-state index contributed by atoms with van der Waals surface area (Å²) in [5.41, 5.74) is 9.01. The highest BCUT2D eigenvalue weighted by atomic mass is 15.3. The molecular formula is C17H27N3. The van der Waals surface area contributed by atoms with Crippen molar-refractivity contribution in [1.82, 2.24) is 9.80 Å². The Labute approximate surface area is 122 Å². The van der Waals surface area contributed by atoms with Crippen LogP contribution in [0.4, 0.5) is 0 Å². The maximum Gasteiger partial charge on any atom is 0.0424 e. The highest BCUT2D eigenvalue weighted by molar-refractivity contribution is 5.25. The Bertz CT molecular complexity index is 459. The highest BCUT2D eigenvalue weighted by Crippen LogP contribution is 2.26. The molecule has 0 radical (unpaired) electrons. The molecule has 1 aromatic rings. The zero-order valence-corrected chi connectivity index (χ0v) is 12.8. The van der Waals surface area contributed by atoms with Crippen LogP contribution in [0.5, 0.6) is 0 Å². The van der Waals surface area contributed by atoms with Crippen LogP contribution in [0, 0.1) is 6.92 Å². The summed E-state index contributed by atoms with van der Waals surface area (Å²) < 4.78 is 0. The van der Waals surface area contributed by atoms with Crippen molar-refractivity contribution in [2.45, 2.75) is 44.8 Å². The topological polar surface area (TPSA) is 32.5 Å². The number of nitrogens with zero attached hydrogens (tertiary/aromatic N) is 2. The molecule has 0 saturated carbocycles. The van der Waals surface area contributed by atoms with Crippen LogP contribution < -0.4 is 5.73 Å². The summed E-state index contributed by atoms with van der Waals surface area (Å²) in [6.45, 7) is 9.17. The number of benzene rings is 1. The second-order valence-electron chi connectivity index (χ2n) is 6.61. The van der Waals surface area contributed by atoms with Crippen LogP contribution in [0.15, 0.2) is 24.3 Å². The lowest BCUT2D eigenvalue weighted by Crippen LogP contribution is -2.56. The number of nitrogens with two attached hydrogens (primary N) is 1. The van der Waals surface area contributed by atoms with Crippen molar-refractivity contribution in [1.29, 1.82) is 0 Å². The number of fused-ring (bicyclic) bond motifs is 1. The van der Waals surface area contributed by atoms with E-state index in [9.17, 15) is 0 Å². The first kappa shape index (κ1) is 14.1. The van der Waals surface area contributed by atoms with Gasteiger partial charge in [-0.25, -0.2) is 0 Å². The van der Waals surface area contributed by atoms with Crippen molar-refractivity contribution < 1.29 is 0 Å². The van der Waals surface area contributed by atoms with Gasteiger partial charge < -0.3 is 5.73 Å². The van der Waals surface area contributed by atoms with E-state index in [0.29, 0.717) is 6.04 Å². The maximum atomic E-state index is 6.44. The van der Waals surface area contributed by atoms with Crippen molar-refractivity contribution in [3.63, 3.8) is 0 Å². The largest absolute Gasteiger partial charge is 0.323 e. The van der Waals surface area contributed by atoms with Crippen LogP contribution in [0.25, 0.3) is 0 Å². The van der Waals surface area contributed by atoms with Gasteiger partial charge in [-0.15, -0.1) is 0 Å². The van der Waals surface area contributed by atoms with Gasteiger partial charge in [-0.2, -0.15) is 0 Å². The first-order chi connectivity index (χ1) is 9.63. The number of hydrogen-bond acceptors (Lipinski definition) is 3. The molecule has 3 nitrogen and oxygen atoms in total. The molecule has 2 fully saturated rings. The predicted octanol–water partition coefficient (Wildman–Crippen LogP) is 2.16. The highest BCUT2D eigenvalue weighted by Gasteiger charge is 2.34. The average Bonchev–Trinajstić information content (AvgIpc) is 2.86. The molecule has 0 spiro atoms. The van der Waals surface area contributed by atoms with Gasteiger partial charge in [0, 0.05) is 37.8 Å². The quantitative estimate of drug-likeness (QED) is 0.916. The maximum absolute atomic E-state index is 6.44. The summed E-state index contributed by atoms with van der Waals surface area (Å²) in [6, 6.07) is 10.2. The fourth-order valence-corrected chi connectivity index (χ4v) is 3.76. The lowest BCUT2D eigenvalue weighted by molar-refractivity contribution is 0.0553. The Morgan fingerprint density at radius 1 is 1.35 bits per heavy atom. The molecule has 110 valence electrons. The molecule has 1 aromatic carbocycles. The minimum absolute atomic E-state index is 0.130. The lowest BCUT2D eigenvalue weighted by Gasteiger charge is -2.43. The molecule has 0 bridgehead atoms. The van der Waals surface area contributed by atoms with Gasteiger partial charge in [-0.05, 0) is 38.8 Å². The number of aryl methyl sites for hydroxylation is 1. The van der Waals surface area contributed by atoms with Gasteiger partial charge in [0.15, 0.2) is 0 Å². The predicted molar refractivity (Wildman–Crippen MR) is 83.7 cm³/mol. The van der Waals surface area contributed by atoms with E-state index >= 15 is 0 Å². The normalized spacial score (nSPS) is 29.4. The summed E-state index contributed by atoms with van der Waals surface area (Å²) in [7, 11) is 0. The van der Waals surface area contributed by atoms with Crippen molar-refractivity contribution >= 4 is 0 Å². The second-order valence-corrected chi connectivity index (χ2v) is 6.61. The first-order valence-electron chi connectivity index (χ1n) is 7.94. The van der Waals surface area contributed by atoms with E-state index < -0.39 is 0 Å². The van der Waals surface area contributed by atoms with E-state index in [4.69, 9.17) is 5.73 Å². The summed E-state index contributed by atoms with van der Waals surface area (Å²) in [5.74, 6) is 0. The van der Waals surface area contributed by atoms with Crippen molar-refractivity contribution in [3.05, 3.63) is 35.4 Å². The van der Waals surface area contributed by atoms with Crippen molar-refractivity contribution in [2.75, 3.05) is 26.2 Å². The molecule has 2 N–H and O–H groups in total. The van der Waals surface area contributed by atoms with Gasteiger partial charge in [-0.3, -0.25) is 9.80 Å². The zero-order chi connectivity index (χ0) is 14.1. The SMILES string of the molecule is Cc1cccc(C(N)CN2CC3CCCN3CC2C)c1. The van der Waals surface area contributed by atoms with Crippen LogP contribution in [0.2, 0.25) is 0 Å². The Balaban J connectivity index is 1.64. The van der Waals surface area contributed by atoms with Crippen molar-refractivity contribution in [3.8, 4) is 0 Å². The van der Waals surface area contributed by atoms with Crippen LogP contribution in [0.1, 0.15) is 36.9 Å². The molecule has 20 heavy (non-hydrogen) atoms. The van der Waals surface area contributed by atoms with E-state index in [1.165, 1.54) is 43.6 Å². The van der Waals surface area contributed by atoms with Gasteiger partial charge in [0.25, 0.3) is 0 Å². The molecule has 2 aliphatic rings. The van der Waals surface area contributed by atoms with Gasteiger partial charge >= 0.3 is 0 Å². The fourth-order valence-electron chi connectivity index (χ4n) is 3.76. The zero-order valence-electron chi connectivity index (χ0n) is 12.8. The summed E-state index contributed by atoms with van der Waals surface area (Å²) in [6.07, 6.45) is 2.73. The summed E-state index contributed by atoms with van der Waals surface area (Å²) in [5, 5.41) is 0. The van der Waals surface area contributed by atoms with Crippen molar-refractivity contribution in [2.24, 2.45) is 5.73 Å². The van der Waals surface area contributed by atoms with E-state index in [2.05, 4.69) is 47.9 Å². The Morgan fingerprint density at radius 3 is 3.00 bits per heavy atom. The molecule has 0 amide bonds. The van der Waals surface area contributed by atoms with Crippen LogP contribution in [0.3, 0.4) is 0 Å². The summed E-state index contributed by atoms with van der Waals surface area (Å²) in [4.78, 5) is 5.26. The minimum Gasteiger partial charge on any atom is -0.323 e. The second kappa shape index (κ2) is 5.84. The molecule has 0 aliphatic carbocycles. The number of hydrogen-bond donors (Lipinski definition) is 1. The first-order valence-corrected chi connectivity index (χ1v) is 7.94. The van der Waals surface area contributed by atoms with E-state index in [1.54, 1.807) is 0 Å². The van der Waals surface area contributed by atoms with Gasteiger partial charge in [0.1, 0.15) is 0 Å². The van der Waals surface area contributed by atoms with Gasteiger partial charge in [0.2, 0.25) is 0 Å². The monoisotopic (exact) mass is 273 g/mol. The Kier molecular flexibility index (Phi) is 4.11. The van der Waals surface area contributed by atoms with Gasteiger partial charge in [-0.1, -0.05) is 29.8 Å². The molecule has 3 rings (SSSR count). The number of piperazine rings is 1. The molecule has 3 atom stereocenters. The molecule has 3 unspecified atom stereocenters. The van der Waals surface area contributed by atoms with Crippen LogP contribution in [-0.2, 0) is 0 Å². The molecule has 2 saturated heterocycles. The third-order valence-electron chi connectivity index (χ3n) is 4.97. The Hall–Kier alpha value is -0.900. The van der Waals surface area contributed by atoms with E-state index in [1.807, 2.05) is 0 Å². The fraction of sp³-hybridized carbons (Fsp3) is 0.647. The number of rotatable bonds is 3. The standard InChI is InChI=1S/C17H27N3/c1-13-5-3-6-15(9-13)17(18)12-20-11-16-7-4-8-19(16)10-14(20)2/h3,5-6,9,14,16-17H,4,7-8,10-12,18H2,1-2H3. The van der Waals surface area contributed by atoms with E-state index in [-0.39, 0.29) is 6.04 Å². The van der Waals surface area contributed by atoms with E-state index in [0.717, 1.165) is 12.6 Å².